The summed E-state index contributed by atoms with van der Waals surface area (Å²) in [6, 6.07) is 4.11. The van der Waals surface area contributed by atoms with Gasteiger partial charge in [0.1, 0.15) is 10.7 Å². The quantitative estimate of drug-likeness (QED) is 0.697. The molecule has 114 valence electrons. The van der Waals surface area contributed by atoms with E-state index in [0.29, 0.717) is 13.0 Å². The highest BCUT2D eigenvalue weighted by Crippen LogP contribution is 2.16. The third kappa shape index (κ3) is 5.16. The van der Waals surface area contributed by atoms with Crippen LogP contribution < -0.4 is 10.0 Å². The predicted molar refractivity (Wildman–Crippen MR) is 77.5 cm³/mol. The van der Waals surface area contributed by atoms with Crippen LogP contribution in [-0.2, 0) is 16.6 Å². The second kappa shape index (κ2) is 7.68. The monoisotopic (exact) mass is 303 g/mol. The number of hydrogen-bond donors (Lipinski definition) is 2. The summed E-state index contributed by atoms with van der Waals surface area (Å²) in [6.07, 6.45) is 0.671. The zero-order valence-corrected chi connectivity index (χ0v) is 12.9. The molecule has 2 N–H and O–H groups in total. The number of nitrogens with zero attached hydrogens (tertiary/aromatic N) is 1. The molecule has 0 aliphatic heterocycles. The fourth-order valence-corrected chi connectivity index (χ4v) is 2.95. The maximum absolute atomic E-state index is 13.7. The summed E-state index contributed by atoms with van der Waals surface area (Å²) in [5.74, 6) is -0.732. The maximum atomic E-state index is 13.7. The molecule has 0 fully saturated rings. The summed E-state index contributed by atoms with van der Waals surface area (Å²) in [7, 11) is 1.77. The number of nitrogens with one attached hydrogen (secondary N) is 2. The number of benzene rings is 1. The van der Waals surface area contributed by atoms with Gasteiger partial charge in [-0.25, -0.2) is 17.5 Å². The summed E-state index contributed by atoms with van der Waals surface area (Å²) >= 11 is 0. The fraction of sp³-hybridized carbons (Fsp3) is 0.538. The molecule has 0 unspecified atom stereocenters. The molecule has 0 amide bonds. The Kier molecular flexibility index (Phi) is 6.54. The number of sulfonamides is 1. The summed E-state index contributed by atoms with van der Waals surface area (Å²) < 4.78 is 40.3. The van der Waals surface area contributed by atoms with Crippen molar-refractivity contribution in [2.75, 3.05) is 34.2 Å². The third-order valence-electron chi connectivity index (χ3n) is 2.74. The van der Waals surface area contributed by atoms with Crippen molar-refractivity contribution >= 4 is 10.0 Å². The fourth-order valence-electron chi connectivity index (χ4n) is 1.75. The van der Waals surface area contributed by atoms with Crippen LogP contribution in [0.3, 0.4) is 0 Å². The highest BCUT2D eigenvalue weighted by Gasteiger charge is 2.18. The van der Waals surface area contributed by atoms with Crippen LogP contribution in [0.4, 0.5) is 4.39 Å². The smallest absolute Gasteiger partial charge is 0.243 e. The predicted octanol–water partition coefficient (Wildman–Crippen LogP) is 0.775. The Morgan fingerprint density at radius 2 is 2.00 bits per heavy atom. The van der Waals surface area contributed by atoms with Crippen LogP contribution in [0.2, 0.25) is 0 Å². The zero-order valence-electron chi connectivity index (χ0n) is 12.1. The van der Waals surface area contributed by atoms with E-state index < -0.39 is 15.8 Å². The van der Waals surface area contributed by atoms with E-state index in [9.17, 15) is 12.8 Å². The minimum Gasteiger partial charge on any atom is -0.316 e. The van der Waals surface area contributed by atoms with Crippen molar-refractivity contribution in [1.82, 2.24) is 14.9 Å². The maximum Gasteiger partial charge on any atom is 0.243 e. The summed E-state index contributed by atoms with van der Waals surface area (Å²) in [5.41, 5.74) is 0.725. The molecule has 7 heteroatoms. The van der Waals surface area contributed by atoms with E-state index in [1.54, 1.807) is 13.1 Å². The Morgan fingerprint density at radius 1 is 1.30 bits per heavy atom. The van der Waals surface area contributed by atoms with Crippen LogP contribution in [0.1, 0.15) is 12.0 Å². The molecule has 0 heterocycles. The van der Waals surface area contributed by atoms with E-state index in [4.69, 9.17) is 0 Å². The first-order valence-electron chi connectivity index (χ1n) is 6.44. The van der Waals surface area contributed by atoms with Crippen molar-refractivity contribution in [2.45, 2.75) is 17.9 Å². The average Bonchev–Trinajstić information content (AvgIpc) is 2.37. The van der Waals surface area contributed by atoms with Gasteiger partial charge in [0.25, 0.3) is 0 Å². The molecule has 0 saturated carbocycles. The van der Waals surface area contributed by atoms with Gasteiger partial charge in [0.2, 0.25) is 10.0 Å². The molecule has 0 aromatic heterocycles. The van der Waals surface area contributed by atoms with Crippen LogP contribution in [0.15, 0.2) is 23.1 Å². The minimum atomic E-state index is -3.80. The first kappa shape index (κ1) is 17.0. The average molecular weight is 303 g/mol. The van der Waals surface area contributed by atoms with Crippen LogP contribution in [0.25, 0.3) is 0 Å². The van der Waals surface area contributed by atoms with Gasteiger partial charge in [-0.05, 0) is 51.8 Å². The van der Waals surface area contributed by atoms with Gasteiger partial charge in [0.05, 0.1) is 0 Å². The lowest BCUT2D eigenvalue weighted by Crippen LogP contribution is -2.28. The molecule has 1 aromatic carbocycles. The molecule has 0 aliphatic rings. The van der Waals surface area contributed by atoms with Crippen LogP contribution >= 0.6 is 0 Å². The van der Waals surface area contributed by atoms with Gasteiger partial charge in [0, 0.05) is 13.1 Å². The lowest BCUT2D eigenvalue weighted by molar-refractivity contribution is 0.400. The number of rotatable bonds is 8. The second-order valence-corrected chi connectivity index (χ2v) is 6.59. The summed E-state index contributed by atoms with van der Waals surface area (Å²) in [6.45, 7) is 1.55. The van der Waals surface area contributed by atoms with E-state index in [2.05, 4.69) is 10.0 Å². The van der Waals surface area contributed by atoms with Crippen LogP contribution in [-0.4, -0.2) is 47.6 Å². The highest BCUT2D eigenvalue weighted by molar-refractivity contribution is 7.89. The Bertz CT molecular complexity index is 532. The highest BCUT2D eigenvalue weighted by atomic mass is 32.2. The number of halogens is 1. The van der Waals surface area contributed by atoms with Gasteiger partial charge < -0.3 is 10.2 Å². The minimum absolute atomic E-state index is 0.288. The Balaban J connectivity index is 2.78. The van der Waals surface area contributed by atoms with Gasteiger partial charge in [-0.3, -0.25) is 0 Å². The lowest BCUT2D eigenvalue weighted by Gasteiger charge is -2.11. The molecular formula is C13H22FN3O2S. The Morgan fingerprint density at radius 3 is 2.60 bits per heavy atom. The van der Waals surface area contributed by atoms with Crippen molar-refractivity contribution in [3.8, 4) is 0 Å². The molecule has 0 spiro atoms. The van der Waals surface area contributed by atoms with Crippen molar-refractivity contribution in [3.05, 3.63) is 29.6 Å². The zero-order chi connectivity index (χ0) is 15.2. The Labute approximate surface area is 120 Å². The van der Waals surface area contributed by atoms with Gasteiger partial charge >= 0.3 is 0 Å². The largest absolute Gasteiger partial charge is 0.316 e. The molecule has 0 bridgehead atoms. The topological polar surface area (TPSA) is 61.4 Å². The summed E-state index contributed by atoms with van der Waals surface area (Å²) in [5, 5.41) is 2.90. The van der Waals surface area contributed by atoms with Gasteiger partial charge in [-0.15, -0.1) is 0 Å². The Hall–Kier alpha value is -1.02. The molecule has 0 saturated heterocycles. The van der Waals surface area contributed by atoms with Gasteiger partial charge in [0.15, 0.2) is 0 Å². The lowest BCUT2D eigenvalue weighted by atomic mass is 10.2. The molecule has 20 heavy (non-hydrogen) atoms. The van der Waals surface area contributed by atoms with Crippen molar-refractivity contribution in [2.24, 2.45) is 0 Å². The van der Waals surface area contributed by atoms with Crippen LogP contribution in [0.5, 0.6) is 0 Å². The SMILES string of the molecule is CNCc1ccc(F)c(S(=O)(=O)NCCCN(C)C)c1. The van der Waals surface area contributed by atoms with Gasteiger partial charge in [-0.2, -0.15) is 0 Å². The molecule has 1 rings (SSSR count). The molecule has 0 atom stereocenters. The summed E-state index contributed by atoms with van der Waals surface area (Å²) in [4.78, 5) is 1.66. The first-order chi connectivity index (χ1) is 9.36. The van der Waals surface area contributed by atoms with E-state index in [1.807, 2.05) is 19.0 Å². The molecular weight excluding hydrogens is 281 g/mol. The van der Waals surface area contributed by atoms with E-state index in [0.717, 1.165) is 12.1 Å². The molecule has 0 radical (unpaired) electrons. The van der Waals surface area contributed by atoms with E-state index in [-0.39, 0.29) is 11.4 Å². The van der Waals surface area contributed by atoms with E-state index in [1.165, 1.54) is 12.1 Å². The van der Waals surface area contributed by atoms with Gasteiger partial charge in [-0.1, -0.05) is 6.07 Å². The second-order valence-electron chi connectivity index (χ2n) is 4.85. The van der Waals surface area contributed by atoms with E-state index >= 15 is 0 Å². The first-order valence-corrected chi connectivity index (χ1v) is 7.92. The molecule has 0 aliphatic carbocycles. The van der Waals surface area contributed by atoms with Crippen LogP contribution in [0, 0.1) is 5.82 Å². The van der Waals surface area contributed by atoms with Crippen molar-refractivity contribution < 1.29 is 12.8 Å². The standard InChI is InChI=1S/C13H22FN3O2S/c1-15-10-11-5-6-12(14)13(9-11)20(18,19)16-7-4-8-17(2)3/h5-6,9,15-16H,4,7-8,10H2,1-3H3. The molecule has 1 aromatic rings. The normalized spacial score (nSPS) is 12.1. The van der Waals surface area contributed by atoms with Crippen molar-refractivity contribution in [3.63, 3.8) is 0 Å². The third-order valence-corrected chi connectivity index (χ3v) is 4.22. The molecule has 5 nitrogen and oxygen atoms in total. The number of hydrogen-bond acceptors (Lipinski definition) is 4. The van der Waals surface area contributed by atoms with Crippen molar-refractivity contribution in [1.29, 1.82) is 0 Å².